The maximum atomic E-state index is 12.9. The van der Waals surface area contributed by atoms with Gasteiger partial charge in [0.2, 0.25) is 5.95 Å². The Morgan fingerprint density at radius 1 is 1.18 bits per heavy atom. The Morgan fingerprint density at radius 3 is 2.82 bits per heavy atom. The normalized spacial score (nSPS) is 14.0. The van der Waals surface area contributed by atoms with E-state index < -0.39 is 0 Å². The summed E-state index contributed by atoms with van der Waals surface area (Å²) < 4.78 is 3.86. The lowest BCUT2D eigenvalue weighted by atomic mass is 10.3. The van der Waals surface area contributed by atoms with E-state index in [1.54, 1.807) is 21.8 Å². The number of benzene rings is 1. The molecule has 6 nitrogen and oxygen atoms in total. The standard InChI is InChI=1S/C16H17N5O/c1-11(2)21-14(7-8-17-21)15(22)20-10-9-19-13-6-4-3-5-12(13)18-16(19)20/h3-8,11H,9-10H2,1-2H3. The van der Waals surface area contributed by atoms with Gasteiger partial charge >= 0.3 is 0 Å². The molecule has 0 saturated carbocycles. The van der Waals surface area contributed by atoms with Crippen molar-refractivity contribution in [3.8, 4) is 0 Å². The predicted octanol–water partition coefficient (Wildman–Crippen LogP) is 2.47. The van der Waals surface area contributed by atoms with Crippen LogP contribution < -0.4 is 4.90 Å². The van der Waals surface area contributed by atoms with Crippen molar-refractivity contribution in [1.29, 1.82) is 0 Å². The van der Waals surface area contributed by atoms with Gasteiger partial charge in [-0.25, -0.2) is 4.98 Å². The van der Waals surface area contributed by atoms with E-state index in [-0.39, 0.29) is 11.9 Å². The number of aromatic nitrogens is 4. The van der Waals surface area contributed by atoms with Crippen LogP contribution in [0.1, 0.15) is 30.4 Å². The van der Waals surface area contributed by atoms with Gasteiger partial charge in [-0.15, -0.1) is 0 Å². The van der Waals surface area contributed by atoms with Gasteiger partial charge in [0.25, 0.3) is 5.91 Å². The second-order valence-electron chi connectivity index (χ2n) is 5.76. The zero-order valence-electron chi connectivity index (χ0n) is 12.6. The number of fused-ring (bicyclic) bond motifs is 3. The quantitative estimate of drug-likeness (QED) is 0.730. The van der Waals surface area contributed by atoms with Gasteiger partial charge in [-0.1, -0.05) is 12.1 Å². The molecule has 1 aliphatic rings. The number of hydrogen-bond acceptors (Lipinski definition) is 3. The largest absolute Gasteiger partial charge is 0.308 e. The topological polar surface area (TPSA) is 56.0 Å². The van der Waals surface area contributed by atoms with Crippen LogP contribution in [0.15, 0.2) is 36.5 Å². The van der Waals surface area contributed by atoms with Crippen LogP contribution >= 0.6 is 0 Å². The monoisotopic (exact) mass is 295 g/mol. The molecule has 22 heavy (non-hydrogen) atoms. The van der Waals surface area contributed by atoms with Crippen LogP contribution in [0.5, 0.6) is 0 Å². The fourth-order valence-electron chi connectivity index (χ4n) is 3.02. The molecule has 1 aliphatic heterocycles. The molecule has 0 bridgehead atoms. The first kappa shape index (κ1) is 13.1. The first-order valence-electron chi connectivity index (χ1n) is 7.47. The minimum atomic E-state index is -0.0414. The third-order valence-corrected chi connectivity index (χ3v) is 4.05. The van der Waals surface area contributed by atoms with E-state index in [2.05, 4.69) is 14.6 Å². The van der Waals surface area contributed by atoms with Crippen LogP contribution in [0.3, 0.4) is 0 Å². The lowest BCUT2D eigenvalue weighted by Gasteiger charge is -2.16. The molecule has 0 atom stereocenters. The average molecular weight is 295 g/mol. The summed E-state index contributed by atoms with van der Waals surface area (Å²) in [5.74, 6) is 0.683. The summed E-state index contributed by atoms with van der Waals surface area (Å²) in [4.78, 5) is 19.2. The Labute approximate surface area is 128 Å². The number of para-hydroxylation sites is 2. The van der Waals surface area contributed by atoms with Gasteiger partial charge in [0.15, 0.2) is 0 Å². The number of carbonyl (C=O) groups is 1. The smallest absolute Gasteiger partial charge is 0.278 e. The molecule has 6 heteroatoms. The van der Waals surface area contributed by atoms with Crippen LogP contribution in [-0.4, -0.2) is 31.8 Å². The summed E-state index contributed by atoms with van der Waals surface area (Å²) >= 11 is 0. The second kappa shape index (κ2) is 4.69. The van der Waals surface area contributed by atoms with Crippen molar-refractivity contribution in [2.75, 3.05) is 11.4 Å². The molecule has 0 radical (unpaired) electrons. The summed E-state index contributed by atoms with van der Waals surface area (Å²) in [6.07, 6.45) is 1.67. The molecule has 3 heterocycles. The van der Waals surface area contributed by atoms with Gasteiger partial charge in [0, 0.05) is 25.3 Å². The van der Waals surface area contributed by atoms with E-state index in [0.717, 1.165) is 23.5 Å². The third kappa shape index (κ3) is 1.76. The Morgan fingerprint density at radius 2 is 2.00 bits per heavy atom. The summed E-state index contributed by atoms with van der Waals surface area (Å²) in [6.45, 7) is 5.46. The highest BCUT2D eigenvalue weighted by Gasteiger charge is 2.30. The van der Waals surface area contributed by atoms with E-state index in [9.17, 15) is 4.79 Å². The summed E-state index contributed by atoms with van der Waals surface area (Å²) in [5.41, 5.74) is 2.60. The van der Waals surface area contributed by atoms with Gasteiger partial charge < -0.3 is 4.57 Å². The van der Waals surface area contributed by atoms with Gasteiger partial charge in [0.05, 0.1) is 11.0 Å². The van der Waals surface area contributed by atoms with Gasteiger partial charge in [-0.05, 0) is 32.0 Å². The summed E-state index contributed by atoms with van der Waals surface area (Å²) in [7, 11) is 0. The van der Waals surface area contributed by atoms with E-state index in [1.807, 2.05) is 38.1 Å². The highest BCUT2D eigenvalue weighted by molar-refractivity contribution is 6.05. The van der Waals surface area contributed by atoms with Crippen molar-refractivity contribution in [2.24, 2.45) is 0 Å². The second-order valence-corrected chi connectivity index (χ2v) is 5.76. The van der Waals surface area contributed by atoms with E-state index in [1.165, 1.54) is 0 Å². The average Bonchev–Trinajstić information content (AvgIpc) is 3.20. The van der Waals surface area contributed by atoms with Crippen molar-refractivity contribution in [3.05, 3.63) is 42.2 Å². The number of hydrogen-bond donors (Lipinski definition) is 0. The maximum Gasteiger partial charge on any atom is 0.278 e. The Hall–Kier alpha value is -2.63. The molecular formula is C16H17N5O. The highest BCUT2D eigenvalue weighted by Crippen LogP contribution is 2.28. The van der Waals surface area contributed by atoms with E-state index >= 15 is 0 Å². The van der Waals surface area contributed by atoms with Gasteiger partial charge in [-0.3, -0.25) is 14.4 Å². The minimum Gasteiger partial charge on any atom is -0.308 e. The van der Waals surface area contributed by atoms with E-state index in [4.69, 9.17) is 0 Å². The Kier molecular flexibility index (Phi) is 2.79. The first-order valence-corrected chi connectivity index (χ1v) is 7.47. The van der Waals surface area contributed by atoms with Crippen molar-refractivity contribution in [3.63, 3.8) is 0 Å². The zero-order valence-corrected chi connectivity index (χ0v) is 12.6. The van der Waals surface area contributed by atoms with E-state index in [0.29, 0.717) is 12.2 Å². The lowest BCUT2D eigenvalue weighted by molar-refractivity contribution is 0.0976. The van der Waals surface area contributed by atoms with Crippen LogP contribution in [0.4, 0.5) is 5.95 Å². The molecule has 1 aromatic carbocycles. The molecule has 2 aromatic heterocycles. The van der Waals surface area contributed by atoms with Crippen LogP contribution in [-0.2, 0) is 6.54 Å². The first-order chi connectivity index (χ1) is 10.7. The number of amides is 1. The van der Waals surface area contributed by atoms with Crippen molar-refractivity contribution in [2.45, 2.75) is 26.4 Å². The minimum absolute atomic E-state index is 0.0414. The Bertz CT molecular complexity index is 860. The number of anilines is 1. The molecule has 4 rings (SSSR count). The van der Waals surface area contributed by atoms with Crippen LogP contribution in [0.2, 0.25) is 0 Å². The van der Waals surface area contributed by atoms with Crippen LogP contribution in [0, 0.1) is 0 Å². The highest BCUT2D eigenvalue weighted by atomic mass is 16.2. The van der Waals surface area contributed by atoms with Gasteiger partial charge in [-0.2, -0.15) is 5.10 Å². The lowest BCUT2D eigenvalue weighted by Crippen LogP contribution is -2.31. The summed E-state index contributed by atoms with van der Waals surface area (Å²) in [6, 6.07) is 9.89. The number of imidazole rings is 1. The van der Waals surface area contributed by atoms with Crippen LogP contribution in [0.25, 0.3) is 11.0 Å². The predicted molar refractivity (Wildman–Crippen MR) is 84.0 cm³/mol. The molecule has 0 spiro atoms. The number of rotatable bonds is 2. The number of carbonyl (C=O) groups excluding carboxylic acids is 1. The molecule has 0 fully saturated rings. The maximum absolute atomic E-state index is 12.9. The molecule has 3 aromatic rings. The molecule has 0 aliphatic carbocycles. The molecule has 0 N–H and O–H groups in total. The molecule has 0 saturated heterocycles. The van der Waals surface area contributed by atoms with Gasteiger partial charge in [0.1, 0.15) is 5.69 Å². The molecular weight excluding hydrogens is 278 g/mol. The molecule has 1 amide bonds. The SMILES string of the molecule is CC(C)n1nccc1C(=O)N1CCn2c1nc1ccccc12. The number of nitrogens with zero attached hydrogens (tertiary/aromatic N) is 5. The fourth-order valence-corrected chi connectivity index (χ4v) is 3.02. The third-order valence-electron chi connectivity index (χ3n) is 4.05. The Balaban J connectivity index is 1.77. The molecule has 0 unspecified atom stereocenters. The zero-order chi connectivity index (χ0) is 15.3. The van der Waals surface area contributed by atoms with Crippen molar-refractivity contribution >= 4 is 22.9 Å². The van der Waals surface area contributed by atoms with Crippen molar-refractivity contribution < 1.29 is 4.79 Å². The fraction of sp³-hybridized carbons (Fsp3) is 0.312. The molecule has 112 valence electrons. The van der Waals surface area contributed by atoms with Crippen molar-refractivity contribution in [1.82, 2.24) is 19.3 Å². The summed E-state index contributed by atoms with van der Waals surface area (Å²) in [5, 5.41) is 4.25.